The van der Waals surface area contributed by atoms with Crippen LogP contribution < -0.4 is 10.9 Å². The molecule has 4 aromatic rings. The van der Waals surface area contributed by atoms with Crippen molar-refractivity contribution in [1.82, 2.24) is 14.2 Å². The van der Waals surface area contributed by atoms with E-state index in [9.17, 15) is 19.1 Å². The number of anilines is 1. The minimum absolute atomic E-state index is 0.0179. The molecule has 0 atom stereocenters. The van der Waals surface area contributed by atoms with Crippen molar-refractivity contribution in [1.29, 1.82) is 0 Å². The number of aliphatic hydroxyl groups excluding tert-OH is 1. The molecule has 158 valence electrons. The Morgan fingerprint density at radius 3 is 2.61 bits per heavy atom. The third-order valence-electron chi connectivity index (χ3n) is 4.86. The fourth-order valence-corrected chi connectivity index (χ4v) is 3.64. The number of fused-ring (bicyclic) bond motifs is 1. The van der Waals surface area contributed by atoms with Crippen LogP contribution in [0.4, 0.5) is 10.1 Å². The summed E-state index contributed by atoms with van der Waals surface area (Å²) in [5.41, 5.74) is 2.44. The zero-order valence-corrected chi connectivity index (χ0v) is 18.1. The molecule has 0 aliphatic heterocycles. The SMILES string of the molecule is Cc1ccc(-c2nn3ccn(CC(=O)Nc4ccc(Br)cc4F)c(=O)c3c2CO)cc1. The molecule has 2 aromatic carbocycles. The number of halogens is 2. The Morgan fingerprint density at radius 1 is 1.19 bits per heavy atom. The van der Waals surface area contributed by atoms with Crippen LogP contribution in [-0.4, -0.2) is 25.2 Å². The average Bonchev–Trinajstić information content (AvgIpc) is 3.12. The highest BCUT2D eigenvalue weighted by Crippen LogP contribution is 2.25. The van der Waals surface area contributed by atoms with E-state index in [1.54, 1.807) is 12.3 Å². The minimum Gasteiger partial charge on any atom is -0.392 e. The number of rotatable bonds is 5. The molecule has 0 aliphatic rings. The third kappa shape index (κ3) is 4.14. The lowest BCUT2D eigenvalue weighted by atomic mass is 10.1. The quantitative estimate of drug-likeness (QED) is 0.453. The Labute approximate surface area is 184 Å². The second kappa shape index (κ2) is 8.44. The second-order valence-corrected chi connectivity index (χ2v) is 7.96. The molecule has 0 aliphatic carbocycles. The van der Waals surface area contributed by atoms with Gasteiger partial charge >= 0.3 is 0 Å². The van der Waals surface area contributed by atoms with Gasteiger partial charge in [-0.1, -0.05) is 45.8 Å². The summed E-state index contributed by atoms with van der Waals surface area (Å²) in [4.78, 5) is 25.4. The number of hydrogen-bond acceptors (Lipinski definition) is 4. The van der Waals surface area contributed by atoms with Crippen LogP contribution in [0.25, 0.3) is 16.8 Å². The van der Waals surface area contributed by atoms with Gasteiger partial charge in [0.15, 0.2) is 0 Å². The van der Waals surface area contributed by atoms with Gasteiger partial charge in [-0.3, -0.25) is 9.59 Å². The molecule has 2 N–H and O–H groups in total. The van der Waals surface area contributed by atoms with E-state index in [4.69, 9.17) is 0 Å². The summed E-state index contributed by atoms with van der Waals surface area (Å²) in [7, 11) is 0. The van der Waals surface area contributed by atoms with Gasteiger partial charge in [0.2, 0.25) is 5.91 Å². The molecule has 0 bridgehead atoms. The Morgan fingerprint density at radius 2 is 1.94 bits per heavy atom. The van der Waals surface area contributed by atoms with Gasteiger partial charge < -0.3 is 15.0 Å². The monoisotopic (exact) mass is 484 g/mol. The van der Waals surface area contributed by atoms with E-state index in [1.807, 2.05) is 31.2 Å². The highest BCUT2D eigenvalue weighted by atomic mass is 79.9. The van der Waals surface area contributed by atoms with Crippen molar-refractivity contribution in [2.45, 2.75) is 20.1 Å². The molecule has 0 saturated heterocycles. The predicted octanol–water partition coefficient (Wildman–Crippen LogP) is 3.50. The highest BCUT2D eigenvalue weighted by molar-refractivity contribution is 9.10. The topological polar surface area (TPSA) is 88.6 Å². The first-order chi connectivity index (χ1) is 14.9. The maximum absolute atomic E-state index is 14.0. The number of benzene rings is 2. The molecule has 31 heavy (non-hydrogen) atoms. The van der Waals surface area contributed by atoms with E-state index < -0.39 is 17.3 Å². The van der Waals surface area contributed by atoms with Gasteiger partial charge in [-0.25, -0.2) is 8.91 Å². The molecule has 7 nitrogen and oxygen atoms in total. The fourth-order valence-electron chi connectivity index (χ4n) is 3.30. The zero-order valence-electron chi connectivity index (χ0n) is 16.5. The van der Waals surface area contributed by atoms with Gasteiger partial charge in [0, 0.05) is 28.0 Å². The summed E-state index contributed by atoms with van der Waals surface area (Å²) in [6, 6.07) is 11.8. The molecule has 0 fully saturated rings. The maximum atomic E-state index is 14.0. The van der Waals surface area contributed by atoms with E-state index in [1.165, 1.54) is 27.4 Å². The Kier molecular flexibility index (Phi) is 5.71. The number of amides is 1. The van der Waals surface area contributed by atoms with Crippen LogP contribution in [0.15, 0.2) is 64.1 Å². The van der Waals surface area contributed by atoms with Crippen molar-refractivity contribution < 1.29 is 14.3 Å². The normalized spacial score (nSPS) is 11.1. The van der Waals surface area contributed by atoms with Crippen LogP contribution in [0.1, 0.15) is 11.1 Å². The molecule has 0 saturated carbocycles. The third-order valence-corrected chi connectivity index (χ3v) is 5.36. The lowest BCUT2D eigenvalue weighted by Crippen LogP contribution is -2.28. The number of nitrogens with one attached hydrogen (secondary N) is 1. The first-order valence-corrected chi connectivity index (χ1v) is 10.2. The first kappa shape index (κ1) is 21.0. The van der Waals surface area contributed by atoms with Crippen molar-refractivity contribution in [3.8, 4) is 11.3 Å². The molecule has 0 unspecified atom stereocenters. The summed E-state index contributed by atoms with van der Waals surface area (Å²) in [5, 5.41) is 16.8. The lowest BCUT2D eigenvalue weighted by molar-refractivity contribution is -0.116. The Balaban J connectivity index is 1.68. The number of nitrogens with zero attached hydrogens (tertiary/aromatic N) is 3. The van der Waals surface area contributed by atoms with Gasteiger partial charge in [0.25, 0.3) is 5.56 Å². The molecular weight excluding hydrogens is 467 g/mol. The van der Waals surface area contributed by atoms with E-state index in [-0.39, 0.29) is 24.4 Å². The average molecular weight is 485 g/mol. The second-order valence-electron chi connectivity index (χ2n) is 7.05. The Hall–Kier alpha value is -3.30. The van der Waals surface area contributed by atoms with Crippen LogP contribution in [-0.2, 0) is 17.9 Å². The number of carbonyl (C=O) groups excluding carboxylic acids is 1. The van der Waals surface area contributed by atoms with Crippen LogP contribution in [0, 0.1) is 12.7 Å². The van der Waals surface area contributed by atoms with Crippen molar-refractivity contribution in [3.63, 3.8) is 0 Å². The molecule has 1 amide bonds. The van der Waals surface area contributed by atoms with Crippen LogP contribution >= 0.6 is 15.9 Å². The highest BCUT2D eigenvalue weighted by Gasteiger charge is 2.18. The maximum Gasteiger partial charge on any atom is 0.277 e. The fraction of sp³-hybridized carbons (Fsp3) is 0.136. The summed E-state index contributed by atoms with van der Waals surface area (Å²) >= 11 is 3.16. The minimum atomic E-state index is -0.591. The first-order valence-electron chi connectivity index (χ1n) is 9.41. The van der Waals surface area contributed by atoms with Gasteiger partial charge in [0.1, 0.15) is 17.9 Å². The van der Waals surface area contributed by atoms with Crippen molar-refractivity contribution in [3.05, 3.63) is 86.6 Å². The lowest BCUT2D eigenvalue weighted by Gasteiger charge is -2.09. The van der Waals surface area contributed by atoms with E-state index >= 15 is 0 Å². The van der Waals surface area contributed by atoms with Crippen molar-refractivity contribution in [2.24, 2.45) is 0 Å². The molecular formula is C22H18BrFN4O3. The summed E-state index contributed by atoms with van der Waals surface area (Å²) in [6.45, 7) is 1.26. The van der Waals surface area contributed by atoms with Gasteiger partial charge in [-0.2, -0.15) is 5.10 Å². The molecule has 9 heteroatoms. The van der Waals surface area contributed by atoms with E-state index in [0.717, 1.165) is 11.1 Å². The molecule has 0 radical (unpaired) electrons. The Bertz CT molecular complexity index is 1350. The van der Waals surface area contributed by atoms with Gasteiger partial charge in [-0.15, -0.1) is 0 Å². The van der Waals surface area contributed by atoms with Crippen molar-refractivity contribution >= 4 is 33.0 Å². The zero-order chi connectivity index (χ0) is 22.1. The summed E-state index contributed by atoms with van der Waals surface area (Å²) < 4.78 is 17.1. The van der Waals surface area contributed by atoms with Gasteiger partial charge in [0.05, 0.1) is 18.0 Å². The number of hydrogen-bond donors (Lipinski definition) is 2. The number of aliphatic hydroxyl groups is 1. The summed E-state index contributed by atoms with van der Waals surface area (Å²) in [5.74, 6) is -1.15. The number of aryl methyl sites for hydroxylation is 1. The number of aromatic nitrogens is 3. The van der Waals surface area contributed by atoms with Crippen molar-refractivity contribution in [2.75, 3.05) is 5.32 Å². The molecule has 2 aromatic heterocycles. The van der Waals surface area contributed by atoms with E-state index in [0.29, 0.717) is 15.7 Å². The smallest absolute Gasteiger partial charge is 0.277 e. The number of carbonyl (C=O) groups is 1. The van der Waals surface area contributed by atoms with Crippen LogP contribution in [0.3, 0.4) is 0 Å². The van der Waals surface area contributed by atoms with Gasteiger partial charge in [-0.05, 0) is 25.1 Å². The van der Waals surface area contributed by atoms with E-state index in [2.05, 4.69) is 26.3 Å². The summed E-state index contributed by atoms with van der Waals surface area (Å²) in [6.07, 6.45) is 2.97. The predicted molar refractivity (Wildman–Crippen MR) is 118 cm³/mol. The molecule has 4 rings (SSSR count). The molecule has 0 spiro atoms. The largest absolute Gasteiger partial charge is 0.392 e. The van der Waals surface area contributed by atoms with Crippen LogP contribution in [0.5, 0.6) is 0 Å². The standard InChI is InChI=1S/C22H18BrFN4O3/c1-13-2-4-14(5-3-13)20-16(12-29)21-22(31)27(8-9-28(21)26-20)11-19(30)25-18-7-6-15(23)10-17(18)24/h2-10,29H,11-12H2,1H3,(H,25,30). The van der Waals surface area contributed by atoms with Crippen LogP contribution in [0.2, 0.25) is 0 Å². The molecule has 2 heterocycles.